The first-order valence-electron chi connectivity index (χ1n) is 5.92. The third kappa shape index (κ3) is 2.59. The molecule has 0 saturated heterocycles. The number of carbonyl (C=O) groups excluding carboxylic acids is 1. The van der Waals surface area contributed by atoms with Crippen LogP contribution in [0.4, 0.5) is 5.13 Å². The van der Waals surface area contributed by atoms with E-state index in [1.807, 2.05) is 12.3 Å². The Balaban J connectivity index is 2.30. The highest BCUT2D eigenvalue weighted by Crippen LogP contribution is 2.27. The molecule has 0 spiro atoms. The summed E-state index contributed by atoms with van der Waals surface area (Å²) in [7, 11) is 0. The lowest BCUT2D eigenvalue weighted by atomic mass is 10.1. The summed E-state index contributed by atoms with van der Waals surface area (Å²) in [4.78, 5) is 17.7. The van der Waals surface area contributed by atoms with Crippen LogP contribution in [0.1, 0.15) is 19.4 Å². The Morgan fingerprint density at radius 3 is 2.56 bits per heavy atom. The van der Waals surface area contributed by atoms with Crippen molar-refractivity contribution in [2.24, 2.45) is 0 Å². The quantitative estimate of drug-likeness (QED) is 0.846. The summed E-state index contributed by atoms with van der Waals surface area (Å²) in [5, 5.41) is 2.76. The summed E-state index contributed by atoms with van der Waals surface area (Å²) in [6, 6.07) is 8.24. The SMILES string of the molecule is CCN(C(C)=O)c1nc(-c2ccc(C)cc2)cs1. The molecule has 4 heteroatoms. The molecule has 18 heavy (non-hydrogen) atoms. The summed E-state index contributed by atoms with van der Waals surface area (Å²) >= 11 is 1.50. The molecule has 1 aromatic heterocycles. The van der Waals surface area contributed by atoms with Crippen molar-refractivity contribution in [1.29, 1.82) is 0 Å². The van der Waals surface area contributed by atoms with Crippen LogP contribution in [0, 0.1) is 6.92 Å². The van der Waals surface area contributed by atoms with Gasteiger partial charge in [0, 0.05) is 24.4 Å². The van der Waals surface area contributed by atoms with Crippen LogP contribution in [0.5, 0.6) is 0 Å². The van der Waals surface area contributed by atoms with Gasteiger partial charge in [0.05, 0.1) is 5.69 Å². The number of thiazole rings is 1. The highest BCUT2D eigenvalue weighted by molar-refractivity contribution is 7.14. The second-order valence-electron chi connectivity index (χ2n) is 4.14. The molecule has 1 aromatic carbocycles. The van der Waals surface area contributed by atoms with Crippen molar-refractivity contribution in [2.75, 3.05) is 11.4 Å². The predicted molar refractivity (Wildman–Crippen MR) is 76.0 cm³/mol. The van der Waals surface area contributed by atoms with Crippen LogP contribution < -0.4 is 4.90 Å². The molecule has 0 fully saturated rings. The Morgan fingerprint density at radius 1 is 1.33 bits per heavy atom. The van der Waals surface area contributed by atoms with Crippen molar-refractivity contribution in [3.63, 3.8) is 0 Å². The van der Waals surface area contributed by atoms with E-state index >= 15 is 0 Å². The largest absolute Gasteiger partial charge is 0.289 e. The van der Waals surface area contributed by atoms with E-state index in [0.717, 1.165) is 16.4 Å². The van der Waals surface area contributed by atoms with Crippen LogP contribution in [-0.4, -0.2) is 17.4 Å². The first kappa shape index (κ1) is 12.8. The van der Waals surface area contributed by atoms with E-state index in [-0.39, 0.29) is 5.91 Å². The second-order valence-corrected chi connectivity index (χ2v) is 4.98. The fraction of sp³-hybridized carbons (Fsp3) is 0.286. The molecule has 1 amide bonds. The summed E-state index contributed by atoms with van der Waals surface area (Å²) in [5.74, 6) is 0.0299. The minimum atomic E-state index is 0.0299. The van der Waals surface area contributed by atoms with Crippen LogP contribution in [0.25, 0.3) is 11.3 Å². The third-order valence-electron chi connectivity index (χ3n) is 2.77. The van der Waals surface area contributed by atoms with Crippen molar-refractivity contribution in [3.8, 4) is 11.3 Å². The topological polar surface area (TPSA) is 33.2 Å². The number of hydrogen-bond acceptors (Lipinski definition) is 3. The maximum atomic E-state index is 11.5. The number of benzene rings is 1. The molecular weight excluding hydrogens is 244 g/mol. The van der Waals surface area contributed by atoms with Gasteiger partial charge in [0.2, 0.25) is 5.91 Å². The Morgan fingerprint density at radius 2 is 2.00 bits per heavy atom. The molecule has 0 N–H and O–H groups in total. The van der Waals surface area contributed by atoms with Gasteiger partial charge in [-0.25, -0.2) is 4.98 Å². The van der Waals surface area contributed by atoms with Crippen LogP contribution in [0.2, 0.25) is 0 Å². The normalized spacial score (nSPS) is 10.4. The number of anilines is 1. The lowest BCUT2D eigenvalue weighted by molar-refractivity contribution is -0.116. The lowest BCUT2D eigenvalue weighted by Crippen LogP contribution is -2.27. The van der Waals surface area contributed by atoms with Crippen molar-refractivity contribution in [2.45, 2.75) is 20.8 Å². The van der Waals surface area contributed by atoms with Crippen LogP contribution in [-0.2, 0) is 4.79 Å². The molecule has 0 aliphatic carbocycles. The molecule has 2 rings (SSSR count). The zero-order chi connectivity index (χ0) is 13.1. The van der Waals surface area contributed by atoms with Crippen molar-refractivity contribution in [1.82, 2.24) is 4.98 Å². The predicted octanol–water partition coefficient (Wildman–Crippen LogP) is 3.49. The number of aromatic nitrogens is 1. The van der Waals surface area contributed by atoms with Gasteiger partial charge in [-0.1, -0.05) is 29.8 Å². The van der Waals surface area contributed by atoms with E-state index in [1.54, 1.807) is 11.8 Å². The lowest BCUT2D eigenvalue weighted by Gasteiger charge is -2.14. The summed E-state index contributed by atoms with van der Waals surface area (Å²) in [5.41, 5.74) is 3.24. The minimum Gasteiger partial charge on any atom is -0.289 e. The average Bonchev–Trinajstić information content (AvgIpc) is 2.80. The van der Waals surface area contributed by atoms with E-state index in [1.165, 1.54) is 16.9 Å². The highest BCUT2D eigenvalue weighted by atomic mass is 32.1. The maximum Gasteiger partial charge on any atom is 0.225 e. The van der Waals surface area contributed by atoms with Gasteiger partial charge in [-0.2, -0.15) is 0 Å². The summed E-state index contributed by atoms with van der Waals surface area (Å²) in [6.45, 7) is 6.23. The summed E-state index contributed by atoms with van der Waals surface area (Å²) < 4.78 is 0. The van der Waals surface area contributed by atoms with Crippen molar-refractivity contribution >= 4 is 22.4 Å². The standard InChI is InChI=1S/C14H16N2OS/c1-4-16(11(3)17)14-15-13(9-18-14)12-7-5-10(2)6-8-12/h5-9H,4H2,1-3H3. The zero-order valence-corrected chi connectivity index (χ0v) is 11.6. The van der Waals surface area contributed by atoms with Gasteiger partial charge in [-0.05, 0) is 13.8 Å². The van der Waals surface area contributed by atoms with Crippen LogP contribution in [0.3, 0.4) is 0 Å². The van der Waals surface area contributed by atoms with E-state index < -0.39 is 0 Å². The third-order valence-corrected chi connectivity index (χ3v) is 3.63. The fourth-order valence-electron chi connectivity index (χ4n) is 1.74. The molecule has 2 aromatic rings. The average molecular weight is 260 g/mol. The molecule has 0 saturated carbocycles. The smallest absolute Gasteiger partial charge is 0.225 e. The van der Waals surface area contributed by atoms with E-state index in [4.69, 9.17) is 0 Å². The zero-order valence-electron chi connectivity index (χ0n) is 10.8. The number of nitrogens with zero attached hydrogens (tertiary/aromatic N) is 2. The molecule has 0 bridgehead atoms. The van der Waals surface area contributed by atoms with Crippen molar-refractivity contribution in [3.05, 3.63) is 35.2 Å². The minimum absolute atomic E-state index is 0.0299. The van der Waals surface area contributed by atoms with E-state index in [9.17, 15) is 4.79 Å². The van der Waals surface area contributed by atoms with Gasteiger partial charge in [-0.15, -0.1) is 11.3 Å². The van der Waals surface area contributed by atoms with Gasteiger partial charge in [0.15, 0.2) is 5.13 Å². The number of aryl methyl sites for hydroxylation is 1. The first-order chi connectivity index (χ1) is 8.61. The first-order valence-corrected chi connectivity index (χ1v) is 6.80. The Kier molecular flexibility index (Phi) is 3.77. The molecular formula is C14H16N2OS. The molecule has 0 aliphatic heterocycles. The molecule has 1 heterocycles. The Hall–Kier alpha value is -1.68. The fourth-order valence-corrected chi connectivity index (χ4v) is 2.68. The van der Waals surface area contributed by atoms with Crippen LogP contribution >= 0.6 is 11.3 Å². The molecule has 0 atom stereocenters. The number of amides is 1. The van der Waals surface area contributed by atoms with Crippen molar-refractivity contribution < 1.29 is 4.79 Å². The second kappa shape index (κ2) is 5.31. The van der Waals surface area contributed by atoms with E-state index in [2.05, 4.69) is 36.2 Å². The Bertz CT molecular complexity index is 545. The summed E-state index contributed by atoms with van der Waals surface area (Å²) in [6.07, 6.45) is 0. The molecule has 0 radical (unpaired) electrons. The number of rotatable bonds is 3. The molecule has 0 unspecified atom stereocenters. The highest BCUT2D eigenvalue weighted by Gasteiger charge is 2.13. The van der Waals surface area contributed by atoms with Gasteiger partial charge < -0.3 is 0 Å². The monoisotopic (exact) mass is 260 g/mol. The number of carbonyl (C=O) groups is 1. The van der Waals surface area contributed by atoms with Gasteiger partial charge in [0.1, 0.15) is 0 Å². The van der Waals surface area contributed by atoms with Crippen LogP contribution in [0.15, 0.2) is 29.6 Å². The van der Waals surface area contributed by atoms with E-state index in [0.29, 0.717) is 6.54 Å². The molecule has 3 nitrogen and oxygen atoms in total. The maximum absolute atomic E-state index is 11.5. The Labute approximate surface area is 111 Å². The molecule has 94 valence electrons. The van der Waals surface area contributed by atoms with Gasteiger partial charge >= 0.3 is 0 Å². The van der Waals surface area contributed by atoms with Gasteiger partial charge in [0.25, 0.3) is 0 Å². The van der Waals surface area contributed by atoms with Gasteiger partial charge in [-0.3, -0.25) is 9.69 Å². The molecule has 0 aliphatic rings. The number of hydrogen-bond donors (Lipinski definition) is 0.